The number of aryl methyl sites for hydroxylation is 1. The number of hydrogen-bond acceptors (Lipinski definition) is 4. The van der Waals surface area contributed by atoms with Gasteiger partial charge in [-0.2, -0.15) is 4.98 Å². The van der Waals surface area contributed by atoms with Crippen molar-refractivity contribution in [2.75, 3.05) is 13.1 Å². The van der Waals surface area contributed by atoms with Gasteiger partial charge in [0.1, 0.15) is 5.82 Å². The lowest BCUT2D eigenvalue weighted by molar-refractivity contribution is 0.282. The van der Waals surface area contributed by atoms with E-state index in [0.29, 0.717) is 12.3 Å². The molecule has 35 heavy (non-hydrogen) atoms. The second kappa shape index (κ2) is 15.5. The highest BCUT2D eigenvalue weighted by molar-refractivity contribution is 5.53. The fraction of sp³-hybridized carbons (Fsp3) is 0.533. The first-order valence-electron chi connectivity index (χ1n) is 13.6. The Bertz CT molecular complexity index is 970. The van der Waals surface area contributed by atoms with E-state index in [9.17, 15) is 4.39 Å². The molecule has 0 spiro atoms. The molecule has 0 aliphatic rings. The van der Waals surface area contributed by atoms with Gasteiger partial charge in [-0.3, -0.25) is 4.90 Å². The van der Waals surface area contributed by atoms with Gasteiger partial charge in [0.25, 0.3) is 5.89 Å². The molecule has 0 amide bonds. The molecule has 3 aromatic rings. The first kappa shape index (κ1) is 27.1. The van der Waals surface area contributed by atoms with Gasteiger partial charge in [0.2, 0.25) is 0 Å². The number of unbranched alkanes of at least 4 members (excludes halogenated alkanes) is 8. The molecule has 1 aromatic heterocycles. The van der Waals surface area contributed by atoms with Crippen LogP contribution in [0.4, 0.5) is 4.39 Å². The van der Waals surface area contributed by atoms with Gasteiger partial charge in [0.15, 0.2) is 5.82 Å². The summed E-state index contributed by atoms with van der Waals surface area (Å²) in [5.41, 5.74) is 2.95. The van der Waals surface area contributed by atoms with Crippen LogP contribution in [0.15, 0.2) is 53.1 Å². The lowest BCUT2D eigenvalue weighted by Gasteiger charge is -2.20. The van der Waals surface area contributed by atoms with Crippen molar-refractivity contribution < 1.29 is 8.91 Å². The Morgan fingerprint density at radius 3 is 2.17 bits per heavy atom. The second-order valence-corrected chi connectivity index (χ2v) is 9.50. The van der Waals surface area contributed by atoms with Crippen LogP contribution in [0.3, 0.4) is 0 Å². The van der Waals surface area contributed by atoms with Crippen LogP contribution in [0.1, 0.15) is 88.6 Å². The standard InChI is InChI=1S/C30H42FN3O/c1-3-5-6-7-8-9-10-11-12-17-29-32-30(35-33-29)27-20-18-25(19-21-27)24-34(4-2)23-22-26-15-13-14-16-28(26)31/h13-16,18-21H,3-12,17,22-24H2,1-2H3. The number of hydrogen-bond donors (Lipinski definition) is 0. The monoisotopic (exact) mass is 479 g/mol. The van der Waals surface area contributed by atoms with E-state index >= 15 is 0 Å². The van der Waals surface area contributed by atoms with Crippen molar-refractivity contribution in [3.05, 3.63) is 71.3 Å². The molecule has 0 fully saturated rings. The predicted octanol–water partition coefficient (Wildman–Crippen LogP) is 8.01. The van der Waals surface area contributed by atoms with Gasteiger partial charge in [0.05, 0.1) is 0 Å². The zero-order valence-corrected chi connectivity index (χ0v) is 21.6. The molecule has 0 N–H and O–H groups in total. The van der Waals surface area contributed by atoms with Crippen molar-refractivity contribution in [2.24, 2.45) is 0 Å². The summed E-state index contributed by atoms with van der Waals surface area (Å²) in [7, 11) is 0. The van der Waals surface area contributed by atoms with E-state index in [-0.39, 0.29) is 5.82 Å². The molecule has 2 aromatic carbocycles. The van der Waals surface area contributed by atoms with E-state index in [0.717, 1.165) is 49.4 Å². The summed E-state index contributed by atoms with van der Waals surface area (Å²) >= 11 is 0. The highest BCUT2D eigenvalue weighted by atomic mass is 19.1. The van der Waals surface area contributed by atoms with Crippen molar-refractivity contribution in [3.63, 3.8) is 0 Å². The summed E-state index contributed by atoms with van der Waals surface area (Å²) in [6.07, 6.45) is 13.4. The van der Waals surface area contributed by atoms with Crippen LogP contribution >= 0.6 is 0 Å². The quantitative estimate of drug-likeness (QED) is 0.184. The summed E-state index contributed by atoms with van der Waals surface area (Å²) in [5.74, 6) is 1.27. The Morgan fingerprint density at radius 2 is 1.49 bits per heavy atom. The van der Waals surface area contributed by atoms with E-state index < -0.39 is 0 Å². The van der Waals surface area contributed by atoms with Crippen LogP contribution in [0, 0.1) is 5.82 Å². The summed E-state index contributed by atoms with van der Waals surface area (Å²) in [4.78, 5) is 6.93. The third-order valence-electron chi connectivity index (χ3n) is 6.68. The molecule has 0 saturated carbocycles. The molecule has 5 heteroatoms. The molecule has 0 saturated heterocycles. The lowest BCUT2D eigenvalue weighted by Crippen LogP contribution is -2.25. The van der Waals surface area contributed by atoms with Crippen LogP contribution < -0.4 is 0 Å². The minimum absolute atomic E-state index is 0.121. The average Bonchev–Trinajstić information content (AvgIpc) is 3.36. The summed E-state index contributed by atoms with van der Waals surface area (Å²) in [6, 6.07) is 15.4. The number of likely N-dealkylation sites (N-methyl/N-ethyl adjacent to an activating group) is 1. The number of benzene rings is 2. The Hall–Kier alpha value is -2.53. The second-order valence-electron chi connectivity index (χ2n) is 9.50. The van der Waals surface area contributed by atoms with Crippen molar-refractivity contribution in [1.29, 1.82) is 0 Å². The normalized spacial score (nSPS) is 11.4. The third-order valence-corrected chi connectivity index (χ3v) is 6.68. The van der Waals surface area contributed by atoms with Gasteiger partial charge in [-0.05, 0) is 48.7 Å². The maximum Gasteiger partial charge on any atom is 0.257 e. The minimum atomic E-state index is -0.121. The number of nitrogens with zero attached hydrogens (tertiary/aromatic N) is 3. The van der Waals surface area contributed by atoms with E-state index in [1.54, 1.807) is 6.07 Å². The van der Waals surface area contributed by atoms with Crippen molar-refractivity contribution in [2.45, 2.75) is 91.0 Å². The zero-order chi connectivity index (χ0) is 24.7. The zero-order valence-electron chi connectivity index (χ0n) is 21.6. The Balaban J connectivity index is 1.39. The van der Waals surface area contributed by atoms with Crippen LogP contribution in [0.2, 0.25) is 0 Å². The van der Waals surface area contributed by atoms with Gasteiger partial charge >= 0.3 is 0 Å². The summed E-state index contributed by atoms with van der Waals surface area (Å²) < 4.78 is 19.4. The molecular formula is C30H42FN3O. The predicted molar refractivity (Wildman–Crippen MR) is 142 cm³/mol. The minimum Gasteiger partial charge on any atom is -0.334 e. The molecule has 3 rings (SSSR count). The van der Waals surface area contributed by atoms with Gasteiger partial charge in [-0.25, -0.2) is 4.39 Å². The fourth-order valence-electron chi connectivity index (χ4n) is 4.41. The smallest absolute Gasteiger partial charge is 0.257 e. The fourth-order valence-corrected chi connectivity index (χ4v) is 4.41. The number of halogens is 1. The largest absolute Gasteiger partial charge is 0.334 e. The van der Waals surface area contributed by atoms with E-state index in [2.05, 4.69) is 53.2 Å². The summed E-state index contributed by atoms with van der Waals surface area (Å²) in [5, 5.41) is 4.18. The molecule has 0 radical (unpaired) electrons. The van der Waals surface area contributed by atoms with Gasteiger partial charge in [-0.15, -0.1) is 0 Å². The molecule has 0 aliphatic heterocycles. The molecule has 0 aliphatic carbocycles. The molecule has 1 heterocycles. The Kier molecular flexibility index (Phi) is 12.0. The van der Waals surface area contributed by atoms with Crippen molar-refractivity contribution in [1.82, 2.24) is 15.0 Å². The number of rotatable bonds is 17. The SMILES string of the molecule is CCCCCCCCCCCc1noc(-c2ccc(CN(CC)CCc3ccccc3F)cc2)n1. The van der Waals surface area contributed by atoms with E-state index in [1.807, 2.05) is 12.1 Å². The molecule has 0 atom stereocenters. The van der Waals surface area contributed by atoms with Crippen molar-refractivity contribution in [3.8, 4) is 11.5 Å². The molecule has 0 unspecified atom stereocenters. The van der Waals surface area contributed by atoms with Gasteiger partial charge in [0, 0.05) is 25.1 Å². The number of aromatic nitrogens is 2. The highest BCUT2D eigenvalue weighted by Crippen LogP contribution is 2.20. The van der Waals surface area contributed by atoms with Crippen LogP contribution in [0.25, 0.3) is 11.5 Å². The maximum absolute atomic E-state index is 13.9. The van der Waals surface area contributed by atoms with Crippen LogP contribution in [-0.2, 0) is 19.4 Å². The highest BCUT2D eigenvalue weighted by Gasteiger charge is 2.10. The Morgan fingerprint density at radius 1 is 0.800 bits per heavy atom. The van der Waals surface area contributed by atoms with Gasteiger partial charge < -0.3 is 4.52 Å². The molecular weight excluding hydrogens is 437 g/mol. The average molecular weight is 480 g/mol. The molecule has 190 valence electrons. The molecule has 4 nitrogen and oxygen atoms in total. The Labute approximate surface area is 210 Å². The van der Waals surface area contributed by atoms with Gasteiger partial charge in [-0.1, -0.05) is 101 Å². The molecule has 0 bridgehead atoms. The lowest BCUT2D eigenvalue weighted by atomic mass is 10.1. The van der Waals surface area contributed by atoms with Crippen molar-refractivity contribution >= 4 is 0 Å². The first-order valence-corrected chi connectivity index (χ1v) is 13.6. The van der Waals surface area contributed by atoms with Crippen LogP contribution in [-0.4, -0.2) is 28.1 Å². The third kappa shape index (κ3) is 9.56. The summed E-state index contributed by atoms with van der Waals surface area (Å²) in [6.45, 7) is 6.98. The van der Waals surface area contributed by atoms with E-state index in [1.165, 1.54) is 63.0 Å². The van der Waals surface area contributed by atoms with E-state index in [4.69, 9.17) is 4.52 Å². The maximum atomic E-state index is 13.9. The van der Waals surface area contributed by atoms with Crippen LogP contribution in [0.5, 0.6) is 0 Å². The topological polar surface area (TPSA) is 42.2 Å². The first-order chi connectivity index (χ1) is 17.2.